The molecule has 1 saturated heterocycles. The first-order valence-corrected chi connectivity index (χ1v) is 11.7. The van der Waals surface area contributed by atoms with Crippen LogP contribution in [0.2, 0.25) is 10.0 Å². The predicted octanol–water partition coefficient (Wildman–Crippen LogP) is 4.00. The minimum atomic E-state index is -3.80. The molecule has 0 radical (unpaired) electrons. The number of aryl methyl sites for hydroxylation is 1. The van der Waals surface area contributed by atoms with E-state index in [9.17, 15) is 12.8 Å². The van der Waals surface area contributed by atoms with Gasteiger partial charge in [0, 0.05) is 31.7 Å². The molecule has 0 N–H and O–H groups in total. The van der Waals surface area contributed by atoms with Gasteiger partial charge in [-0.1, -0.05) is 46.6 Å². The van der Waals surface area contributed by atoms with Crippen molar-refractivity contribution in [3.63, 3.8) is 0 Å². The summed E-state index contributed by atoms with van der Waals surface area (Å²) in [5, 5.41) is 4.12. The smallest absolute Gasteiger partial charge is 0.246 e. The quantitative estimate of drug-likeness (QED) is 0.544. The zero-order chi connectivity index (χ0) is 22.2. The van der Waals surface area contributed by atoms with Crippen LogP contribution in [0.4, 0.5) is 4.39 Å². The summed E-state index contributed by atoms with van der Waals surface area (Å²) in [7, 11) is -3.80. The summed E-state index contributed by atoms with van der Waals surface area (Å²) < 4.78 is 46.4. The van der Waals surface area contributed by atoms with Crippen molar-refractivity contribution in [1.29, 1.82) is 0 Å². The molecule has 1 aliphatic rings. The monoisotopic (exact) mass is 484 g/mol. The van der Waals surface area contributed by atoms with Crippen molar-refractivity contribution in [3.05, 3.63) is 63.7 Å². The van der Waals surface area contributed by atoms with Gasteiger partial charge in [-0.15, -0.1) is 0 Å². The number of piperazine rings is 1. The second-order valence-corrected chi connectivity index (χ2v) is 9.90. The molecular formula is C20H19Cl2FN4O3S. The molecule has 1 aromatic heterocycles. The molecular weight excluding hydrogens is 466 g/mol. The summed E-state index contributed by atoms with van der Waals surface area (Å²) >= 11 is 12.2. The molecule has 0 amide bonds. The third kappa shape index (κ3) is 4.61. The molecule has 0 unspecified atom stereocenters. The first-order chi connectivity index (χ1) is 14.8. The largest absolute Gasteiger partial charge is 0.338 e. The molecule has 7 nitrogen and oxygen atoms in total. The fourth-order valence-corrected chi connectivity index (χ4v) is 5.86. The molecule has 0 aliphatic carbocycles. The lowest BCUT2D eigenvalue weighted by molar-refractivity contribution is 0.163. The van der Waals surface area contributed by atoms with E-state index >= 15 is 0 Å². The Hall–Kier alpha value is -2.04. The van der Waals surface area contributed by atoms with Crippen molar-refractivity contribution in [2.75, 3.05) is 26.2 Å². The minimum Gasteiger partial charge on any atom is -0.338 e. The van der Waals surface area contributed by atoms with Gasteiger partial charge < -0.3 is 4.52 Å². The summed E-state index contributed by atoms with van der Waals surface area (Å²) in [6.07, 6.45) is 0. The molecule has 2 aromatic carbocycles. The molecule has 164 valence electrons. The number of halogens is 3. The van der Waals surface area contributed by atoms with E-state index in [1.54, 1.807) is 25.1 Å². The van der Waals surface area contributed by atoms with Crippen LogP contribution in [0, 0.1) is 12.7 Å². The maximum atomic E-state index is 13.8. The van der Waals surface area contributed by atoms with Crippen molar-refractivity contribution in [2.24, 2.45) is 0 Å². The number of benzene rings is 2. The maximum Gasteiger partial charge on any atom is 0.246 e. The Kier molecular flexibility index (Phi) is 6.32. The van der Waals surface area contributed by atoms with Crippen LogP contribution in [0.1, 0.15) is 11.5 Å². The Bertz CT molecular complexity index is 1190. The lowest BCUT2D eigenvalue weighted by atomic mass is 10.1. The average Bonchev–Trinajstić information content (AvgIpc) is 3.18. The van der Waals surface area contributed by atoms with E-state index in [0.29, 0.717) is 42.5 Å². The molecule has 1 aliphatic heterocycles. The summed E-state index contributed by atoms with van der Waals surface area (Å²) in [4.78, 5) is 6.27. The minimum absolute atomic E-state index is 0.0707. The summed E-state index contributed by atoms with van der Waals surface area (Å²) in [6.45, 7) is 3.53. The highest BCUT2D eigenvalue weighted by molar-refractivity contribution is 7.89. The van der Waals surface area contributed by atoms with Gasteiger partial charge in [-0.05, 0) is 30.7 Å². The number of nitrogens with zero attached hydrogens (tertiary/aromatic N) is 4. The molecule has 0 saturated carbocycles. The number of aromatic nitrogens is 2. The van der Waals surface area contributed by atoms with Gasteiger partial charge in [0.15, 0.2) is 0 Å². The highest BCUT2D eigenvalue weighted by atomic mass is 35.5. The molecule has 0 spiro atoms. The van der Waals surface area contributed by atoms with E-state index in [2.05, 4.69) is 10.1 Å². The second-order valence-electron chi connectivity index (χ2n) is 7.21. The van der Waals surface area contributed by atoms with Gasteiger partial charge in [0.05, 0.1) is 16.6 Å². The SMILES string of the molecule is Cc1ccc(-c2noc(CN3CCN(S(=O)(=O)c4c(Cl)cccc4Cl)CC3)n2)cc1F. The lowest BCUT2D eigenvalue weighted by Gasteiger charge is -2.33. The van der Waals surface area contributed by atoms with Crippen molar-refractivity contribution in [2.45, 2.75) is 18.4 Å². The van der Waals surface area contributed by atoms with E-state index in [-0.39, 0.29) is 33.8 Å². The lowest BCUT2D eigenvalue weighted by Crippen LogP contribution is -2.48. The number of hydrogen-bond acceptors (Lipinski definition) is 6. The van der Waals surface area contributed by atoms with Crippen LogP contribution < -0.4 is 0 Å². The van der Waals surface area contributed by atoms with Gasteiger partial charge in [0.25, 0.3) is 0 Å². The molecule has 0 bridgehead atoms. The molecule has 1 fully saturated rings. The van der Waals surface area contributed by atoms with Gasteiger partial charge in [-0.2, -0.15) is 9.29 Å². The zero-order valence-electron chi connectivity index (χ0n) is 16.6. The van der Waals surface area contributed by atoms with Crippen LogP contribution in [0.25, 0.3) is 11.4 Å². The number of rotatable bonds is 5. The van der Waals surface area contributed by atoms with Crippen molar-refractivity contribution >= 4 is 33.2 Å². The topological polar surface area (TPSA) is 79.5 Å². The van der Waals surface area contributed by atoms with Crippen LogP contribution >= 0.6 is 23.2 Å². The third-order valence-corrected chi connectivity index (χ3v) is 7.96. The van der Waals surface area contributed by atoms with E-state index in [1.807, 2.05) is 4.90 Å². The highest BCUT2D eigenvalue weighted by Gasteiger charge is 2.32. The predicted molar refractivity (Wildman–Crippen MR) is 115 cm³/mol. The maximum absolute atomic E-state index is 13.8. The standard InChI is InChI=1S/C20H19Cl2FN4O3S/c1-13-5-6-14(11-17(13)23)20-24-18(30-25-20)12-26-7-9-27(10-8-26)31(28,29)19-15(21)3-2-4-16(19)22/h2-6,11H,7-10,12H2,1H3. The van der Waals surface area contributed by atoms with E-state index < -0.39 is 10.0 Å². The average molecular weight is 485 g/mol. The van der Waals surface area contributed by atoms with Gasteiger partial charge >= 0.3 is 0 Å². The van der Waals surface area contributed by atoms with Gasteiger partial charge in [-0.25, -0.2) is 12.8 Å². The zero-order valence-corrected chi connectivity index (χ0v) is 18.9. The Balaban J connectivity index is 1.41. The van der Waals surface area contributed by atoms with E-state index in [4.69, 9.17) is 27.7 Å². The van der Waals surface area contributed by atoms with Gasteiger partial charge in [0.1, 0.15) is 10.7 Å². The fraction of sp³-hybridized carbons (Fsp3) is 0.300. The molecule has 31 heavy (non-hydrogen) atoms. The van der Waals surface area contributed by atoms with Crippen LogP contribution in [0.3, 0.4) is 0 Å². The van der Waals surface area contributed by atoms with Crippen LogP contribution in [-0.4, -0.2) is 53.9 Å². The number of hydrogen-bond donors (Lipinski definition) is 0. The normalized spacial score (nSPS) is 16.0. The Morgan fingerprint density at radius 3 is 2.42 bits per heavy atom. The molecule has 2 heterocycles. The third-order valence-electron chi connectivity index (χ3n) is 5.11. The Morgan fingerprint density at radius 1 is 1.10 bits per heavy atom. The van der Waals surface area contributed by atoms with Crippen molar-refractivity contribution in [1.82, 2.24) is 19.3 Å². The molecule has 0 atom stereocenters. The highest BCUT2D eigenvalue weighted by Crippen LogP contribution is 2.32. The van der Waals surface area contributed by atoms with E-state index in [0.717, 1.165) is 0 Å². The van der Waals surface area contributed by atoms with Gasteiger partial charge in [-0.3, -0.25) is 4.90 Å². The Morgan fingerprint density at radius 2 is 1.77 bits per heavy atom. The summed E-state index contributed by atoms with van der Waals surface area (Å²) in [5.74, 6) is 0.352. The fourth-order valence-electron chi connectivity index (χ4n) is 3.35. The van der Waals surface area contributed by atoms with Crippen LogP contribution in [0.15, 0.2) is 45.8 Å². The number of sulfonamides is 1. The second kappa shape index (κ2) is 8.84. The van der Waals surface area contributed by atoms with Crippen LogP contribution in [-0.2, 0) is 16.6 Å². The first-order valence-electron chi connectivity index (χ1n) is 9.51. The molecule has 4 rings (SSSR count). The van der Waals surface area contributed by atoms with E-state index in [1.165, 1.54) is 22.5 Å². The van der Waals surface area contributed by atoms with Gasteiger partial charge in [0.2, 0.25) is 21.7 Å². The first kappa shape index (κ1) is 22.2. The molecule has 11 heteroatoms. The van der Waals surface area contributed by atoms with Crippen LogP contribution in [0.5, 0.6) is 0 Å². The van der Waals surface area contributed by atoms with Crippen molar-refractivity contribution in [3.8, 4) is 11.4 Å². The van der Waals surface area contributed by atoms with Crippen molar-refractivity contribution < 1.29 is 17.3 Å². The Labute approximate surface area is 189 Å². The summed E-state index contributed by atoms with van der Waals surface area (Å²) in [6, 6.07) is 9.37. The molecule has 3 aromatic rings. The summed E-state index contributed by atoms with van der Waals surface area (Å²) in [5.41, 5.74) is 1.07.